The molecule has 6 heteroatoms. The Morgan fingerprint density at radius 3 is 2.48 bits per heavy atom. The maximum atomic E-state index is 12.2. The number of anilines is 2. The van der Waals surface area contributed by atoms with Crippen LogP contribution in [0.4, 0.5) is 11.4 Å². The van der Waals surface area contributed by atoms with Crippen molar-refractivity contribution in [1.29, 1.82) is 0 Å². The highest BCUT2D eigenvalue weighted by Crippen LogP contribution is 2.21. The number of rotatable bonds is 7. The first kappa shape index (κ1) is 19.1. The number of hydrogen-bond donors (Lipinski definition) is 2. The smallest absolute Gasteiger partial charge is 0.230 e. The van der Waals surface area contributed by atoms with E-state index in [0.717, 1.165) is 45.4 Å². The van der Waals surface area contributed by atoms with E-state index in [2.05, 4.69) is 22.5 Å². The maximum Gasteiger partial charge on any atom is 0.230 e. The third kappa shape index (κ3) is 5.67. The van der Waals surface area contributed by atoms with Crippen LogP contribution in [0.1, 0.15) is 47.3 Å². The molecule has 2 rings (SSSR count). The van der Waals surface area contributed by atoms with E-state index < -0.39 is 0 Å². The standard InChI is InChI=1S/C19H25N3O2S/c1-5-6-7-18(23)22-16-9-8-15(10-12(16)2)21-19(24)11-17-13(3)25-14(4)20-17/h8-10H,5-7,11H2,1-4H3,(H,21,24)(H,22,23). The zero-order valence-electron chi connectivity index (χ0n) is 15.2. The van der Waals surface area contributed by atoms with Gasteiger partial charge < -0.3 is 10.6 Å². The molecule has 1 aromatic carbocycles. The summed E-state index contributed by atoms with van der Waals surface area (Å²) in [7, 11) is 0. The minimum Gasteiger partial charge on any atom is -0.326 e. The zero-order chi connectivity index (χ0) is 18.4. The number of benzene rings is 1. The largest absolute Gasteiger partial charge is 0.326 e. The highest BCUT2D eigenvalue weighted by molar-refractivity contribution is 7.11. The number of unbranched alkanes of at least 4 members (excludes halogenated alkanes) is 1. The van der Waals surface area contributed by atoms with Crippen LogP contribution in [0.2, 0.25) is 0 Å². The van der Waals surface area contributed by atoms with Gasteiger partial charge in [0.2, 0.25) is 11.8 Å². The summed E-state index contributed by atoms with van der Waals surface area (Å²) in [5.41, 5.74) is 3.25. The number of nitrogens with one attached hydrogen (secondary N) is 2. The van der Waals surface area contributed by atoms with Crippen LogP contribution in [0.25, 0.3) is 0 Å². The number of hydrogen-bond acceptors (Lipinski definition) is 4. The number of nitrogens with zero attached hydrogens (tertiary/aromatic N) is 1. The molecule has 1 heterocycles. The Hall–Kier alpha value is -2.21. The average molecular weight is 359 g/mol. The van der Waals surface area contributed by atoms with Crippen molar-refractivity contribution >= 4 is 34.5 Å². The van der Waals surface area contributed by atoms with Gasteiger partial charge in [-0.15, -0.1) is 11.3 Å². The third-order valence-electron chi connectivity index (χ3n) is 3.87. The van der Waals surface area contributed by atoms with Crippen LogP contribution in [0.5, 0.6) is 0 Å². The average Bonchev–Trinajstić information content (AvgIpc) is 2.85. The number of carbonyl (C=O) groups excluding carboxylic acids is 2. The first-order valence-electron chi connectivity index (χ1n) is 8.52. The second-order valence-electron chi connectivity index (χ2n) is 6.14. The lowest BCUT2D eigenvalue weighted by molar-refractivity contribution is -0.116. The summed E-state index contributed by atoms with van der Waals surface area (Å²) in [5, 5.41) is 6.78. The first-order chi connectivity index (χ1) is 11.9. The van der Waals surface area contributed by atoms with Gasteiger partial charge in [0.05, 0.1) is 17.1 Å². The van der Waals surface area contributed by atoms with E-state index in [0.29, 0.717) is 6.42 Å². The molecule has 0 saturated heterocycles. The van der Waals surface area contributed by atoms with E-state index >= 15 is 0 Å². The number of aryl methyl sites for hydroxylation is 3. The molecule has 0 atom stereocenters. The van der Waals surface area contributed by atoms with E-state index in [1.807, 2.05) is 32.9 Å². The molecule has 2 amide bonds. The second kappa shape index (κ2) is 8.76. The number of carbonyl (C=O) groups is 2. The fraction of sp³-hybridized carbons (Fsp3) is 0.421. The Morgan fingerprint density at radius 2 is 1.88 bits per heavy atom. The Morgan fingerprint density at radius 1 is 1.12 bits per heavy atom. The lowest BCUT2D eigenvalue weighted by Crippen LogP contribution is -2.16. The van der Waals surface area contributed by atoms with Crippen LogP contribution in [-0.4, -0.2) is 16.8 Å². The Bertz CT molecular complexity index is 768. The Balaban J connectivity index is 1.96. The predicted octanol–water partition coefficient (Wildman–Crippen LogP) is 4.38. The number of amides is 2. The lowest BCUT2D eigenvalue weighted by atomic mass is 10.1. The second-order valence-corrected chi connectivity index (χ2v) is 7.55. The summed E-state index contributed by atoms with van der Waals surface area (Å²) in [6.45, 7) is 7.90. The van der Waals surface area contributed by atoms with Gasteiger partial charge in [-0.1, -0.05) is 13.3 Å². The quantitative estimate of drug-likeness (QED) is 0.771. The van der Waals surface area contributed by atoms with Gasteiger partial charge in [0.15, 0.2) is 0 Å². The van der Waals surface area contributed by atoms with Gasteiger partial charge in [0.1, 0.15) is 0 Å². The van der Waals surface area contributed by atoms with Crippen molar-refractivity contribution < 1.29 is 9.59 Å². The fourth-order valence-corrected chi connectivity index (χ4v) is 3.36. The van der Waals surface area contributed by atoms with Gasteiger partial charge >= 0.3 is 0 Å². The van der Waals surface area contributed by atoms with E-state index in [1.54, 1.807) is 17.4 Å². The lowest BCUT2D eigenvalue weighted by Gasteiger charge is -2.11. The van der Waals surface area contributed by atoms with Gasteiger partial charge in [0, 0.05) is 22.7 Å². The summed E-state index contributed by atoms with van der Waals surface area (Å²) in [5.74, 6) is -0.0661. The summed E-state index contributed by atoms with van der Waals surface area (Å²) in [4.78, 5) is 29.5. The van der Waals surface area contributed by atoms with Crippen LogP contribution in [0.3, 0.4) is 0 Å². The van der Waals surface area contributed by atoms with Gasteiger partial charge in [-0.3, -0.25) is 9.59 Å². The van der Waals surface area contributed by atoms with Crippen LogP contribution in [0, 0.1) is 20.8 Å². The van der Waals surface area contributed by atoms with E-state index in [-0.39, 0.29) is 18.2 Å². The van der Waals surface area contributed by atoms with Crippen molar-refractivity contribution in [3.63, 3.8) is 0 Å². The Labute approximate surface area is 152 Å². The molecule has 2 N–H and O–H groups in total. The summed E-state index contributed by atoms with van der Waals surface area (Å²) >= 11 is 1.60. The van der Waals surface area contributed by atoms with Crippen molar-refractivity contribution in [2.75, 3.05) is 10.6 Å². The molecule has 0 unspecified atom stereocenters. The fourth-order valence-electron chi connectivity index (χ4n) is 2.53. The van der Waals surface area contributed by atoms with Crippen LogP contribution in [-0.2, 0) is 16.0 Å². The first-order valence-corrected chi connectivity index (χ1v) is 9.34. The van der Waals surface area contributed by atoms with E-state index in [4.69, 9.17) is 0 Å². The van der Waals surface area contributed by atoms with Gasteiger partial charge in [0.25, 0.3) is 0 Å². The minimum absolute atomic E-state index is 0.0242. The maximum absolute atomic E-state index is 12.2. The third-order valence-corrected chi connectivity index (χ3v) is 4.80. The SMILES string of the molecule is CCCCC(=O)Nc1ccc(NC(=O)Cc2nc(C)sc2C)cc1C. The van der Waals surface area contributed by atoms with Crippen molar-refractivity contribution in [2.24, 2.45) is 0 Å². The molecule has 25 heavy (non-hydrogen) atoms. The predicted molar refractivity (Wildman–Crippen MR) is 103 cm³/mol. The van der Waals surface area contributed by atoms with Crippen molar-refractivity contribution in [2.45, 2.75) is 53.4 Å². The molecule has 1 aromatic heterocycles. The molecule has 0 bridgehead atoms. The van der Waals surface area contributed by atoms with Gasteiger partial charge in [-0.2, -0.15) is 0 Å². The van der Waals surface area contributed by atoms with Gasteiger partial charge in [-0.25, -0.2) is 4.98 Å². The minimum atomic E-state index is -0.0902. The van der Waals surface area contributed by atoms with Crippen molar-refractivity contribution in [3.8, 4) is 0 Å². The molecule has 0 saturated carbocycles. The molecule has 0 aliphatic carbocycles. The molecular formula is C19H25N3O2S. The highest BCUT2D eigenvalue weighted by atomic mass is 32.1. The van der Waals surface area contributed by atoms with Gasteiger partial charge in [-0.05, 0) is 51.0 Å². The molecule has 0 radical (unpaired) electrons. The van der Waals surface area contributed by atoms with Crippen molar-refractivity contribution in [3.05, 3.63) is 39.3 Å². The zero-order valence-corrected chi connectivity index (χ0v) is 16.0. The molecule has 2 aromatic rings. The molecular weight excluding hydrogens is 334 g/mol. The van der Waals surface area contributed by atoms with Crippen LogP contribution < -0.4 is 10.6 Å². The van der Waals surface area contributed by atoms with E-state index in [9.17, 15) is 9.59 Å². The normalized spacial score (nSPS) is 10.6. The van der Waals surface area contributed by atoms with E-state index in [1.165, 1.54) is 0 Å². The summed E-state index contributed by atoms with van der Waals surface area (Å²) in [6, 6.07) is 5.50. The highest BCUT2D eigenvalue weighted by Gasteiger charge is 2.11. The summed E-state index contributed by atoms with van der Waals surface area (Å²) < 4.78 is 0. The molecule has 0 aliphatic rings. The van der Waals surface area contributed by atoms with Crippen LogP contribution >= 0.6 is 11.3 Å². The number of thiazole rings is 1. The topological polar surface area (TPSA) is 71.1 Å². The molecule has 0 spiro atoms. The van der Waals surface area contributed by atoms with Crippen LogP contribution in [0.15, 0.2) is 18.2 Å². The Kier molecular flexibility index (Phi) is 6.70. The monoisotopic (exact) mass is 359 g/mol. The molecule has 5 nitrogen and oxygen atoms in total. The van der Waals surface area contributed by atoms with Crippen molar-refractivity contribution in [1.82, 2.24) is 4.98 Å². The number of aromatic nitrogens is 1. The molecule has 0 aliphatic heterocycles. The molecule has 134 valence electrons. The summed E-state index contributed by atoms with van der Waals surface area (Å²) in [6.07, 6.45) is 2.68. The molecule has 0 fully saturated rings.